The molecule has 0 bridgehead atoms. The first-order valence-electron chi connectivity index (χ1n) is 8.40. The van der Waals surface area contributed by atoms with Gasteiger partial charge in [0, 0.05) is 52.4 Å². The molecule has 1 aromatic rings. The van der Waals surface area contributed by atoms with E-state index >= 15 is 0 Å². The van der Waals surface area contributed by atoms with Gasteiger partial charge < -0.3 is 14.7 Å². The molecule has 1 aromatic heterocycles. The number of piperidine rings is 1. The molecule has 3 rings (SSSR count). The molecular weight excluding hydrogens is 292 g/mol. The van der Waals surface area contributed by atoms with Crippen LogP contribution in [0.4, 0.5) is 5.69 Å². The minimum absolute atomic E-state index is 0.0846. The van der Waals surface area contributed by atoms with Crippen LogP contribution in [0.3, 0.4) is 0 Å². The molecule has 2 fully saturated rings. The average molecular weight is 316 g/mol. The standard InChI is InChI=1S/C17H24N4O2/c1-14(22)19-7-9-20(10-8-19)16-11-15(12-18-13-16)17(23)21-5-3-2-4-6-21/h11-13H,2-10H2,1H3. The van der Waals surface area contributed by atoms with E-state index in [-0.39, 0.29) is 11.8 Å². The number of pyridine rings is 1. The average Bonchev–Trinajstić information content (AvgIpc) is 2.62. The molecule has 2 aliphatic rings. The number of carbonyl (C=O) groups is 2. The number of rotatable bonds is 2. The number of carbonyl (C=O) groups excluding carboxylic acids is 2. The fourth-order valence-electron chi connectivity index (χ4n) is 3.28. The highest BCUT2D eigenvalue weighted by molar-refractivity contribution is 5.94. The van der Waals surface area contributed by atoms with Gasteiger partial charge in [0.25, 0.3) is 5.91 Å². The molecule has 0 aliphatic carbocycles. The number of hydrogen-bond acceptors (Lipinski definition) is 4. The third-order valence-electron chi connectivity index (χ3n) is 4.70. The Morgan fingerprint density at radius 2 is 1.61 bits per heavy atom. The lowest BCUT2D eigenvalue weighted by atomic mass is 10.1. The number of piperazine rings is 1. The Morgan fingerprint density at radius 3 is 2.26 bits per heavy atom. The molecule has 124 valence electrons. The number of likely N-dealkylation sites (tertiary alicyclic amines) is 1. The molecule has 3 heterocycles. The van der Waals surface area contributed by atoms with Crippen LogP contribution >= 0.6 is 0 Å². The minimum Gasteiger partial charge on any atom is -0.367 e. The smallest absolute Gasteiger partial charge is 0.255 e. The first-order chi connectivity index (χ1) is 11.1. The van der Waals surface area contributed by atoms with E-state index in [0.29, 0.717) is 5.56 Å². The van der Waals surface area contributed by atoms with Crippen molar-refractivity contribution in [3.63, 3.8) is 0 Å². The lowest BCUT2D eigenvalue weighted by Crippen LogP contribution is -2.48. The number of nitrogens with zero attached hydrogens (tertiary/aromatic N) is 4. The Kier molecular flexibility index (Phi) is 4.79. The van der Waals surface area contributed by atoms with Crippen molar-refractivity contribution in [3.05, 3.63) is 24.0 Å². The first kappa shape index (κ1) is 15.8. The maximum atomic E-state index is 12.6. The van der Waals surface area contributed by atoms with Gasteiger partial charge in [-0.15, -0.1) is 0 Å². The van der Waals surface area contributed by atoms with Crippen LogP contribution in [0.1, 0.15) is 36.5 Å². The molecular formula is C17H24N4O2. The van der Waals surface area contributed by atoms with Gasteiger partial charge in [-0.05, 0) is 25.3 Å². The van der Waals surface area contributed by atoms with E-state index in [4.69, 9.17) is 0 Å². The van der Waals surface area contributed by atoms with Gasteiger partial charge >= 0.3 is 0 Å². The van der Waals surface area contributed by atoms with E-state index in [2.05, 4.69) is 9.88 Å². The van der Waals surface area contributed by atoms with E-state index in [1.807, 2.05) is 15.9 Å². The van der Waals surface area contributed by atoms with Gasteiger partial charge in [0.05, 0.1) is 17.4 Å². The van der Waals surface area contributed by atoms with Crippen molar-refractivity contribution in [2.45, 2.75) is 26.2 Å². The van der Waals surface area contributed by atoms with E-state index in [1.165, 1.54) is 6.42 Å². The summed E-state index contributed by atoms with van der Waals surface area (Å²) >= 11 is 0. The highest BCUT2D eigenvalue weighted by Gasteiger charge is 2.22. The molecule has 6 heteroatoms. The van der Waals surface area contributed by atoms with Crippen LogP contribution < -0.4 is 4.90 Å². The number of aromatic nitrogens is 1. The Bertz CT molecular complexity index is 576. The van der Waals surface area contributed by atoms with Crippen molar-refractivity contribution in [3.8, 4) is 0 Å². The van der Waals surface area contributed by atoms with Gasteiger partial charge in [-0.2, -0.15) is 0 Å². The summed E-state index contributed by atoms with van der Waals surface area (Å²) in [5.41, 5.74) is 1.63. The second-order valence-corrected chi connectivity index (χ2v) is 6.28. The molecule has 2 amide bonds. The van der Waals surface area contributed by atoms with E-state index in [1.54, 1.807) is 19.3 Å². The van der Waals surface area contributed by atoms with Crippen LogP contribution in [0, 0.1) is 0 Å². The second-order valence-electron chi connectivity index (χ2n) is 6.28. The molecule has 0 spiro atoms. The summed E-state index contributed by atoms with van der Waals surface area (Å²) in [4.78, 5) is 34.2. The number of hydrogen-bond donors (Lipinski definition) is 0. The SMILES string of the molecule is CC(=O)N1CCN(c2cncc(C(=O)N3CCCCC3)c2)CC1. The summed E-state index contributed by atoms with van der Waals surface area (Å²) < 4.78 is 0. The van der Waals surface area contributed by atoms with Crippen molar-refractivity contribution in [1.29, 1.82) is 0 Å². The molecule has 0 saturated carbocycles. The predicted octanol–water partition coefficient (Wildman–Crippen LogP) is 1.38. The minimum atomic E-state index is 0.0846. The zero-order valence-electron chi connectivity index (χ0n) is 13.7. The maximum Gasteiger partial charge on any atom is 0.255 e. The Balaban J connectivity index is 1.68. The van der Waals surface area contributed by atoms with Crippen LogP contribution in [0.15, 0.2) is 18.5 Å². The molecule has 2 aliphatic heterocycles. The van der Waals surface area contributed by atoms with Gasteiger partial charge in [0.2, 0.25) is 5.91 Å². The molecule has 0 unspecified atom stereocenters. The second kappa shape index (κ2) is 6.98. The van der Waals surface area contributed by atoms with Gasteiger partial charge in [0.1, 0.15) is 0 Å². The summed E-state index contributed by atoms with van der Waals surface area (Å²) in [6, 6.07) is 1.94. The van der Waals surface area contributed by atoms with Crippen molar-refractivity contribution < 1.29 is 9.59 Å². The summed E-state index contributed by atoms with van der Waals surface area (Å²) in [7, 11) is 0. The highest BCUT2D eigenvalue weighted by atomic mass is 16.2. The van der Waals surface area contributed by atoms with E-state index in [0.717, 1.165) is 57.8 Å². The van der Waals surface area contributed by atoms with Crippen LogP contribution in [0.25, 0.3) is 0 Å². The largest absolute Gasteiger partial charge is 0.367 e. The van der Waals surface area contributed by atoms with Gasteiger partial charge in [-0.1, -0.05) is 0 Å². The van der Waals surface area contributed by atoms with Crippen LogP contribution in [-0.2, 0) is 4.79 Å². The summed E-state index contributed by atoms with van der Waals surface area (Å²) in [6.07, 6.45) is 6.85. The zero-order valence-corrected chi connectivity index (χ0v) is 13.7. The molecule has 0 aromatic carbocycles. The van der Waals surface area contributed by atoms with Gasteiger partial charge in [-0.25, -0.2) is 0 Å². The van der Waals surface area contributed by atoms with Crippen LogP contribution in [-0.4, -0.2) is 65.9 Å². The van der Waals surface area contributed by atoms with Gasteiger partial charge in [-0.3, -0.25) is 14.6 Å². The highest BCUT2D eigenvalue weighted by Crippen LogP contribution is 2.19. The van der Waals surface area contributed by atoms with Crippen molar-refractivity contribution in [2.75, 3.05) is 44.2 Å². The molecule has 6 nitrogen and oxygen atoms in total. The fourth-order valence-corrected chi connectivity index (χ4v) is 3.28. The zero-order chi connectivity index (χ0) is 16.2. The monoisotopic (exact) mass is 316 g/mol. The predicted molar refractivity (Wildman–Crippen MR) is 88.5 cm³/mol. The molecule has 0 N–H and O–H groups in total. The normalized spacial score (nSPS) is 18.9. The molecule has 0 atom stereocenters. The van der Waals surface area contributed by atoms with Crippen molar-refractivity contribution in [2.24, 2.45) is 0 Å². The lowest BCUT2D eigenvalue weighted by molar-refractivity contribution is -0.129. The quantitative estimate of drug-likeness (QED) is 0.827. The molecule has 2 saturated heterocycles. The fraction of sp³-hybridized carbons (Fsp3) is 0.588. The van der Waals surface area contributed by atoms with Crippen molar-refractivity contribution in [1.82, 2.24) is 14.8 Å². The van der Waals surface area contributed by atoms with Crippen molar-refractivity contribution >= 4 is 17.5 Å². The Labute approximate surface area is 137 Å². The van der Waals surface area contributed by atoms with Crippen LogP contribution in [0.5, 0.6) is 0 Å². The number of amides is 2. The number of anilines is 1. The first-order valence-corrected chi connectivity index (χ1v) is 8.40. The summed E-state index contributed by atoms with van der Waals surface area (Å²) in [5, 5.41) is 0. The summed E-state index contributed by atoms with van der Waals surface area (Å²) in [5.74, 6) is 0.207. The molecule has 0 radical (unpaired) electrons. The van der Waals surface area contributed by atoms with Gasteiger partial charge in [0.15, 0.2) is 0 Å². The van der Waals surface area contributed by atoms with E-state index in [9.17, 15) is 9.59 Å². The van der Waals surface area contributed by atoms with E-state index < -0.39 is 0 Å². The lowest BCUT2D eigenvalue weighted by Gasteiger charge is -2.35. The Hall–Kier alpha value is -2.11. The molecule has 23 heavy (non-hydrogen) atoms. The third-order valence-corrected chi connectivity index (χ3v) is 4.70. The topological polar surface area (TPSA) is 56.8 Å². The Morgan fingerprint density at radius 1 is 0.913 bits per heavy atom. The summed E-state index contributed by atoms with van der Waals surface area (Å²) in [6.45, 7) is 6.31. The third kappa shape index (κ3) is 3.63. The van der Waals surface area contributed by atoms with Crippen LogP contribution in [0.2, 0.25) is 0 Å². The maximum absolute atomic E-state index is 12.6.